The van der Waals surface area contributed by atoms with E-state index in [4.69, 9.17) is 10.5 Å². The number of hydrogen-bond donors (Lipinski definition) is 1. The molecule has 5 nitrogen and oxygen atoms in total. The number of aromatic nitrogens is 2. The Morgan fingerprint density at radius 3 is 2.89 bits per heavy atom. The highest BCUT2D eigenvalue weighted by atomic mass is 79.9. The van der Waals surface area contributed by atoms with Gasteiger partial charge in [-0.25, -0.2) is 4.98 Å². The fraction of sp³-hybridized carbons (Fsp3) is 0.462. The largest absolute Gasteiger partial charge is 0.378 e. The van der Waals surface area contributed by atoms with E-state index >= 15 is 0 Å². The van der Waals surface area contributed by atoms with Gasteiger partial charge in [0.15, 0.2) is 0 Å². The number of ether oxygens (including phenoxy) is 1. The second-order valence-corrected chi connectivity index (χ2v) is 5.59. The molecule has 0 aliphatic heterocycles. The zero-order valence-electron chi connectivity index (χ0n) is 11.3. The molecule has 1 aromatic heterocycles. The number of nitrogens with zero attached hydrogens (tertiary/aromatic N) is 3. The highest BCUT2D eigenvalue weighted by molar-refractivity contribution is 9.10. The first kappa shape index (κ1) is 14.3. The van der Waals surface area contributed by atoms with Crippen LogP contribution in [0.25, 0.3) is 11.0 Å². The highest BCUT2D eigenvalue weighted by Gasteiger charge is 2.08. The zero-order valence-corrected chi connectivity index (χ0v) is 12.9. The van der Waals surface area contributed by atoms with E-state index < -0.39 is 0 Å². The van der Waals surface area contributed by atoms with Crippen molar-refractivity contribution in [1.29, 1.82) is 0 Å². The summed E-state index contributed by atoms with van der Waals surface area (Å²) in [7, 11) is 4.06. The Bertz CT molecular complexity index is 553. The molecule has 0 unspecified atom stereocenters. The summed E-state index contributed by atoms with van der Waals surface area (Å²) in [5.74, 6) is 0.532. The molecule has 0 atom stereocenters. The van der Waals surface area contributed by atoms with Crippen molar-refractivity contribution in [3.63, 3.8) is 0 Å². The van der Waals surface area contributed by atoms with E-state index in [1.807, 2.05) is 36.9 Å². The molecular formula is C13H19BrN4O. The van der Waals surface area contributed by atoms with Gasteiger partial charge in [0.2, 0.25) is 5.95 Å². The third-order valence-electron chi connectivity index (χ3n) is 2.88. The molecule has 1 heterocycles. The third kappa shape index (κ3) is 3.68. The molecule has 0 saturated heterocycles. The number of nitrogen functional groups attached to an aromatic ring is 1. The maximum absolute atomic E-state index is 5.94. The van der Waals surface area contributed by atoms with Gasteiger partial charge < -0.3 is 19.9 Å². The second kappa shape index (κ2) is 6.36. The molecule has 6 heteroatoms. The van der Waals surface area contributed by atoms with E-state index in [1.165, 1.54) is 0 Å². The number of hydrogen-bond acceptors (Lipinski definition) is 4. The van der Waals surface area contributed by atoms with Crippen LogP contribution in [-0.2, 0) is 11.3 Å². The van der Waals surface area contributed by atoms with Crippen LogP contribution in [0.15, 0.2) is 22.7 Å². The van der Waals surface area contributed by atoms with Crippen LogP contribution in [0.5, 0.6) is 0 Å². The van der Waals surface area contributed by atoms with E-state index in [0.29, 0.717) is 19.1 Å². The number of halogens is 1. The molecule has 0 spiro atoms. The fourth-order valence-electron chi connectivity index (χ4n) is 1.85. The molecule has 0 radical (unpaired) electrons. The first-order valence-corrected chi connectivity index (χ1v) is 7.01. The SMILES string of the molecule is CN(C)CCOCCn1c(N)nc2ccc(Br)cc21. The summed E-state index contributed by atoms with van der Waals surface area (Å²) in [6.07, 6.45) is 0. The normalized spacial score (nSPS) is 11.6. The first-order valence-electron chi connectivity index (χ1n) is 6.21. The number of nitrogens with two attached hydrogens (primary N) is 1. The van der Waals surface area contributed by atoms with Crippen molar-refractivity contribution in [3.05, 3.63) is 22.7 Å². The standard InChI is InChI=1S/C13H19BrN4O/c1-17(2)5-7-19-8-6-18-12-9-10(14)3-4-11(12)16-13(18)15/h3-4,9H,5-8H2,1-2H3,(H2,15,16). The van der Waals surface area contributed by atoms with Gasteiger partial charge in [-0.15, -0.1) is 0 Å². The number of fused-ring (bicyclic) bond motifs is 1. The van der Waals surface area contributed by atoms with Crippen molar-refractivity contribution in [2.24, 2.45) is 0 Å². The smallest absolute Gasteiger partial charge is 0.201 e. The molecule has 104 valence electrons. The molecule has 2 aromatic rings. The summed E-state index contributed by atoms with van der Waals surface area (Å²) in [5.41, 5.74) is 7.88. The van der Waals surface area contributed by atoms with Gasteiger partial charge in [0.1, 0.15) is 0 Å². The van der Waals surface area contributed by atoms with E-state index in [2.05, 4.69) is 25.8 Å². The van der Waals surface area contributed by atoms with Crippen LogP contribution >= 0.6 is 15.9 Å². The minimum absolute atomic E-state index is 0.532. The van der Waals surface area contributed by atoms with E-state index in [9.17, 15) is 0 Å². The molecule has 2 N–H and O–H groups in total. The van der Waals surface area contributed by atoms with Crippen molar-refractivity contribution < 1.29 is 4.74 Å². The van der Waals surface area contributed by atoms with Crippen LogP contribution in [0.2, 0.25) is 0 Å². The molecule has 0 aliphatic rings. The van der Waals surface area contributed by atoms with Crippen molar-refractivity contribution in [1.82, 2.24) is 14.5 Å². The van der Waals surface area contributed by atoms with Gasteiger partial charge >= 0.3 is 0 Å². The Morgan fingerprint density at radius 1 is 1.37 bits per heavy atom. The van der Waals surface area contributed by atoms with Gasteiger partial charge in [0, 0.05) is 17.6 Å². The van der Waals surface area contributed by atoms with Crippen LogP contribution in [0.4, 0.5) is 5.95 Å². The van der Waals surface area contributed by atoms with Crippen molar-refractivity contribution in [2.45, 2.75) is 6.54 Å². The summed E-state index contributed by atoms with van der Waals surface area (Å²) < 4.78 is 8.60. The number of likely N-dealkylation sites (N-methyl/N-ethyl adjacent to an activating group) is 1. The van der Waals surface area contributed by atoms with Gasteiger partial charge in [0.25, 0.3) is 0 Å². The minimum atomic E-state index is 0.532. The van der Waals surface area contributed by atoms with Crippen LogP contribution < -0.4 is 5.73 Å². The average molecular weight is 327 g/mol. The number of anilines is 1. The van der Waals surface area contributed by atoms with Crippen LogP contribution in [0.1, 0.15) is 0 Å². The molecule has 0 saturated carbocycles. The lowest BCUT2D eigenvalue weighted by Crippen LogP contribution is -2.19. The predicted octanol–water partition coefficient (Wildman–Crippen LogP) is 1.96. The van der Waals surface area contributed by atoms with Gasteiger partial charge in [-0.05, 0) is 32.3 Å². The number of imidazole rings is 1. The molecular weight excluding hydrogens is 308 g/mol. The Hall–Kier alpha value is -1.11. The van der Waals surface area contributed by atoms with E-state index in [-0.39, 0.29) is 0 Å². The lowest BCUT2D eigenvalue weighted by molar-refractivity contribution is 0.112. The first-order chi connectivity index (χ1) is 9.08. The van der Waals surface area contributed by atoms with Gasteiger partial charge in [-0.2, -0.15) is 0 Å². The molecule has 2 rings (SSSR count). The maximum atomic E-state index is 5.94. The van der Waals surface area contributed by atoms with Gasteiger partial charge in [0.05, 0.1) is 24.2 Å². The van der Waals surface area contributed by atoms with Crippen LogP contribution in [0.3, 0.4) is 0 Å². The molecule has 0 fully saturated rings. The molecule has 19 heavy (non-hydrogen) atoms. The van der Waals surface area contributed by atoms with Crippen molar-refractivity contribution >= 4 is 32.9 Å². The van der Waals surface area contributed by atoms with Crippen molar-refractivity contribution in [2.75, 3.05) is 39.6 Å². The van der Waals surface area contributed by atoms with Crippen LogP contribution in [0, 0.1) is 0 Å². The molecule has 0 bridgehead atoms. The number of rotatable bonds is 6. The summed E-state index contributed by atoms with van der Waals surface area (Å²) in [4.78, 5) is 6.43. The lowest BCUT2D eigenvalue weighted by Gasteiger charge is -2.11. The molecule has 1 aromatic carbocycles. The summed E-state index contributed by atoms with van der Waals surface area (Å²) >= 11 is 3.47. The topological polar surface area (TPSA) is 56.3 Å². The van der Waals surface area contributed by atoms with Gasteiger partial charge in [-0.1, -0.05) is 15.9 Å². The van der Waals surface area contributed by atoms with Gasteiger partial charge in [-0.3, -0.25) is 0 Å². The Labute approximate surface area is 121 Å². The Kier molecular flexibility index (Phi) is 4.79. The second-order valence-electron chi connectivity index (χ2n) is 4.67. The average Bonchev–Trinajstić information content (AvgIpc) is 2.65. The molecule has 0 aliphatic carbocycles. The van der Waals surface area contributed by atoms with E-state index in [0.717, 1.165) is 28.7 Å². The highest BCUT2D eigenvalue weighted by Crippen LogP contribution is 2.21. The summed E-state index contributed by atoms with van der Waals surface area (Å²) in [6.45, 7) is 3.00. The summed E-state index contributed by atoms with van der Waals surface area (Å²) in [6, 6.07) is 5.95. The zero-order chi connectivity index (χ0) is 13.8. The third-order valence-corrected chi connectivity index (χ3v) is 3.38. The quantitative estimate of drug-likeness (QED) is 0.824. The van der Waals surface area contributed by atoms with Crippen molar-refractivity contribution in [3.8, 4) is 0 Å². The maximum Gasteiger partial charge on any atom is 0.201 e. The van der Waals surface area contributed by atoms with E-state index in [1.54, 1.807) is 0 Å². The Balaban J connectivity index is 2.00. The summed E-state index contributed by atoms with van der Waals surface area (Å²) in [5, 5.41) is 0. The van der Waals surface area contributed by atoms with Crippen LogP contribution in [-0.4, -0.2) is 48.3 Å². The predicted molar refractivity (Wildman–Crippen MR) is 81.2 cm³/mol. The minimum Gasteiger partial charge on any atom is -0.378 e. The fourth-order valence-corrected chi connectivity index (χ4v) is 2.20. The molecule has 0 amide bonds. The Morgan fingerprint density at radius 2 is 2.16 bits per heavy atom. The number of benzene rings is 1. The monoisotopic (exact) mass is 326 g/mol. The lowest BCUT2D eigenvalue weighted by atomic mass is 10.3.